The fraction of sp³-hybridized carbons (Fsp3) is 0.429. The number of hydrogen-bond acceptors (Lipinski definition) is 2. The Balaban J connectivity index is 2.14. The summed E-state index contributed by atoms with van der Waals surface area (Å²) < 4.78 is 0.982. The van der Waals surface area contributed by atoms with E-state index in [1.54, 1.807) is 18.6 Å². The third-order valence-electron chi connectivity index (χ3n) is 3.04. The molecule has 2 aromatic heterocycles. The Labute approximate surface area is 102 Å². The Kier molecular flexibility index (Phi) is 3.91. The molecule has 0 bridgehead atoms. The fourth-order valence-corrected chi connectivity index (χ4v) is 2.02. The minimum Gasteiger partial charge on any atom is -0.618 e. The molecule has 0 aliphatic rings. The largest absolute Gasteiger partial charge is 0.618 e. The van der Waals surface area contributed by atoms with Gasteiger partial charge >= 0.3 is 0 Å². The normalized spacial score (nSPS) is 10.9. The van der Waals surface area contributed by atoms with E-state index in [-0.39, 0.29) is 0 Å². The zero-order valence-electron chi connectivity index (χ0n) is 10.2. The van der Waals surface area contributed by atoms with Crippen molar-refractivity contribution in [1.82, 2.24) is 4.98 Å². The highest BCUT2D eigenvalue weighted by molar-refractivity contribution is 5.79. The molecule has 0 saturated carbocycles. The first-order valence-electron chi connectivity index (χ1n) is 6.27. The van der Waals surface area contributed by atoms with E-state index < -0.39 is 0 Å². The molecule has 0 amide bonds. The second-order valence-electron chi connectivity index (χ2n) is 4.41. The highest BCUT2D eigenvalue weighted by atomic mass is 16.5. The number of aromatic nitrogens is 2. The number of unbranched alkanes of at least 4 members (excludes halogenated alkanes) is 3. The summed E-state index contributed by atoms with van der Waals surface area (Å²) in [5.41, 5.74) is 0.861. The molecule has 0 radical (unpaired) electrons. The molecule has 0 atom stereocenters. The van der Waals surface area contributed by atoms with E-state index in [9.17, 15) is 5.21 Å². The molecule has 2 rings (SSSR count). The van der Waals surface area contributed by atoms with Crippen LogP contribution in [0.5, 0.6) is 0 Å². The molecule has 3 nitrogen and oxygen atoms in total. The van der Waals surface area contributed by atoms with Crippen LogP contribution in [0, 0.1) is 5.21 Å². The van der Waals surface area contributed by atoms with E-state index in [1.807, 2.05) is 12.1 Å². The van der Waals surface area contributed by atoms with Crippen molar-refractivity contribution in [2.45, 2.75) is 39.0 Å². The molecule has 2 aromatic rings. The second-order valence-corrected chi connectivity index (χ2v) is 4.41. The lowest BCUT2D eigenvalue weighted by atomic mass is 10.1. The molecule has 2 heterocycles. The lowest BCUT2D eigenvalue weighted by molar-refractivity contribution is -0.612. The van der Waals surface area contributed by atoms with Gasteiger partial charge in [0.05, 0.1) is 5.39 Å². The van der Waals surface area contributed by atoms with Gasteiger partial charge in [0.25, 0.3) is 0 Å². The minimum atomic E-state index is 0.861. The van der Waals surface area contributed by atoms with E-state index in [0.717, 1.165) is 34.0 Å². The summed E-state index contributed by atoms with van der Waals surface area (Å²) >= 11 is 0. The quantitative estimate of drug-likeness (QED) is 0.450. The van der Waals surface area contributed by atoms with Gasteiger partial charge in [-0.3, -0.25) is 4.98 Å². The highest BCUT2D eigenvalue weighted by Crippen LogP contribution is 2.12. The maximum Gasteiger partial charge on any atom is 0.193 e. The van der Waals surface area contributed by atoms with Crippen LogP contribution in [0.25, 0.3) is 10.8 Å². The van der Waals surface area contributed by atoms with Crippen molar-refractivity contribution in [2.75, 3.05) is 0 Å². The van der Waals surface area contributed by atoms with E-state index in [4.69, 9.17) is 0 Å². The summed E-state index contributed by atoms with van der Waals surface area (Å²) in [5.74, 6) is 0. The third kappa shape index (κ3) is 2.93. The molecule has 0 saturated heterocycles. The standard InChI is InChI=1S/C14H18N2O/c1-2-3-4-5-6-14-9-12-7-8-15-10-13(12)11-16(14)17/h7-11H,2-6H2,1H3. The molecule has 0 aliphatic heterocycles. The predicted molar refractivity (Wildman–Crippen MR) is 68.5 cm³/mol. The monoisotopic (exact) mass is 230 g/mol. The van der Waals surface area contributed by atoms with Gasteiger partial charge in [-0.25, -0.2) is 0 Å². The summed E-state index contributed by atoms with van der Waals surface area (Å²) in [6.07, 6.45) is 10.7. The van der Waals surface area contributed by atoms with Gasteiger partial charge in [0.15, 0.2) is 11.9 Å². The van der Waals surface area contributed by atoms with Crippen LogP contribution in [-0.2, 0) is 6.42 Å². The van der Waals surface area contributed by atoms with Gasteiger partial charge in [-0.15, -0.1) is 0 Å². The first kappa shape index (κ1) is 11.8. The first-order chi connectivity index (χ1) is 8.31. The zero-order valence-corrected chi connectivity index (χ0v) is 10.2. The maximum absolute atomic E-state index is 11.8. The molecule has 0 aromatic carbocycles. The topological polar surface area (TPSA) is 39.8 Å². The molecule has 0 aliphatic carbocycles. The number of nitrogens with zero attached hydrogens (tertiary/aromatic N) is 2. The van der Waals surface area contributed by atoms with Gasteiger partial charge < -0.3 is 5.21 Å². The van der Waals surface area contributed by atoms with Gasteiger partial charge in [-0.05, 0) is 17.9 Å². The number of pyridine rings is 2. The van der Waals surface area contributed by atoms with Crippen molar-refractivity contribution in [3.8, 4) is 0 Å². The van der Waals surface area contributed by atoms with E-state index >= 15 is 0 Å². The van der Waals surface area contributed by atoms with Crippen LogP contribution in [-0.4, -0.2) is 4.98 Å². The molecule has 0 spiro atoms. The van der Waals surface area contributed by atoms with E-state index in [0.29, 0.717) is 0 Å². The smallest absolute Gasteiger partial charge is 0.193 e. The molecule has 0 N–H and O–H groups in total. The zero-order chi connectivity index (χ0) is 12.1. The molecule has 17 heavy (non-hydrogen) atoms. The highest BCUT2D eigenvalue weighted by Gasteiger charge is 2.07. The van der Waals surface area contributed by atoms with Crippen LogP contribution in [0.4, 0.5) is 0 Å². The minimum absolute atomic E-state index is 0.861. The summed E-state index contributed by atoms with van der Waals surface area (Å²) in [6, 6.07) is 3.93. The van der Waals surface area contributed by atoms with Gasteiger partial charge in [-0.2, -0.15) is 4.73 Å². The summed E-state index contributed by atoms with van der Waals surface area (Å²) in [5, 5.41) is 13.8. The molecule has 0 fully saturated rings. The van der Waals surface area contributed by atoms with Gasteiger partial charge in [0.1, 0.15) is 0 Å². The second kappa shape index (κ2) is 5.62. The first-order valence-corrected chi connectivity index (χ1v) is 6.27. The Morgan fingerprint density at radius 3 is 2.94 bits per heavy atom. The predicted octanol–water partition coefficient (Wildman–Crippen LogP) is 2.99. The van der Waals surface area contributed by atoms with E-state index in [1.165, 1.54) is 19.3 Å². The average Bonchev–Trinajstić information content (AvgIpc) is 2.35. The molecular weight excluding hydrogens is 212 g/mol. The van der Waals surface area contributed by atoms with Crippen molar-refractivity contribution < 1.29 is 4.73 Å². The molecule has 0 unspecified atom stereocenters. The van der Waals surface area contributed by atoms with Gasteiger partial charge in [0.2, 0.25) is 0 Å². The van der Waals surface area contributed by atoms with Crippen molar-refractivity contribution in [3.63, 3.8) is 0 Å². The average molecular weight is 230 g/mol. The van der Waals surface area contributed by atoms with Crippen LogP contribution in [0.15, 0.2) is 30.7 Å². The van der Waals surface area contributed by atoms with Crippen LogP contribution in [0.1, 0.15) is 38.3 Å². The number of fused-ring (bicyclic) bond motifs is 1. The molecule has 90 valence electrons. The fourth-order valence-electron chi connectivity index (χ4n) is 2.02. The maximum atomic E-state index is 11.8. The van der Waals surface area contributed by atoms with Crippen molar-refractivity contribution in [1.29, 1.82) is 0 Å². The van der Waals surface area contributed by atoms with Gasteiger partial charge in [0, 0.05) is 24.9 Å². The molecular formula is C14H18N2O. The van der Waals surface area contributed by atoms with Crippen molar-refractivity contribution >= 4 is 10.8 Å². The Morgan fingerprint density at radius 2 is 2.12 bits per heavy atom. The Hall–Kier alpha value is -1.64. The lowest BCUT2D eigenvalue weighted by Crippen LogP contribution is -2.31. The third-order valence-corrected chi connectivity index (χ3v) is 3.04. The van der Waals surface area contributed by atoms with Crippen LogP contribution < -0.4 is 4.73 Å². The van der Waals surface area contributed by atoms with Crippen LogP contribution >= 0.6 is 0 Å². The van der Waals surface area contributed by atoms with Crippen molar-refractivity contribution in [3.05, 3.63) is 41.6 Å². The number of hydrogen-bond donors (Lipinski definition) is 0. The Bertz CT molecular complexity index is 497. The van der Waals surface area contributed by atoms with Crippen LogP contribution in [0.2, 0.25) is 0 Å². The molecule has 3 heteroatoms. The summed E-state index contributed by atoms with van der Waals surface area (Å²) in [4.78, 5) is 4.02. The van der Waals surface area contributed by atoms with Gasteiger partial charge in [-0.1, -0.05) is 26.2 Å². The summed E-state index contributed by atoms with van der Waals surface area (Å²) in [6.45, 7) is 2.19. The SMILES string of the molecule is CCCCCCc1cc2ccncc2c[n+]1[O-]. The summed E-state index contributed by atoms with van der Waals surface area (Å²) in [7, 11) is 0. The lowest BCUT2D eigenvalue weighted by Gasteiger charge is -2.06. The van der Waals surface area contributed by atoms with Crippen molar-refractivity contribution in [2.24, 2.45) is 0 Å². The number of rotatable bonds is 5. The number of aryl methyl sites for hydroxylation is 1. The Morgan fingerprint density at radius 1 is 1.24 bits per heavy atom. The van der Waals surface area contributed by atoms with E-state index in [2.05, 4.69) is 11.9 Å². The van der Waals surface area contributed by atoms with Crippen LogP contribution in [0.3, 0.4) is 0 Å².